The smallest absolute Gasteiger partial charge is 0.259 e. The van der Waals surface area contributed by atoms with Crippen LogP contribution in [0.15, 0.2) is 10.7 Å². The second kappa shape index (κ2) is 8.23. The molecule has 2 saturated heterocycles. The van der Waals surface area contributed by atoms with E-state index >= 15 is 0 Å². The van der Waals surface area contributed by atoms with Gasteiger partial charge in [-0.25, -0.2) is 0 Å². The van der Waals surface area contributed by atoms with Gasteiger partial charge in [-0.05, 0) is 32.1 Å². The number of nitrogens with zero attached hydrogens (tertiary/aromatic N) is 3. The van der Waals surface area contributed by atoms with Crippen molar-refractivity contribution in [1.82, 2.24) is 15.0 Å². The maximum atomic E-state index is 13.0. The van der Waals surface area contributed by atoms with Crippen molar-refractivity contribution in [2.75, 3.05) is 26.2 Å². The monoisotopic (exact) mass is 361 g/mol. The zero-order valence-electron chi connectivity index (χ0n) is 16.1. The van der Waals surface area contributed by atoms with E-state index in [0.717, 1.165) is 71.1 Å². The fraction of sp³-hybridized carbons (Fsp3) is 0.750. The van der Waals surface area contributed by atoms with Crippen molar-refractivity contribution in [2.45, 2.75) is 65.2 Å². The number of hydrogen-bond donors (Lipinski definition) is 0. The van der Waals surface area contributed by atoms with Crippen molar-refractivity contribution in [2.24, 2.45) is 5.41 Å². The summed E-state index contributed by atoms with van der Waals surface area (Å²) >= 11 is 0. The lowest BCUT2D eigenvalue weighted by atomic mass is 9.73. The zero-order valence-corrected chi connectivity index (χ0v) is 16.1. The molecule has 144 valence electrons. The van der Waals surface area contributed by atoms with E-state index in [-0.39, 0.29) is 17.2 Å². The van der Waals surface area contributed by atoms with E-state index in [4.69, 9.17) is 4.52 Å². The van der Waals surface area contributed by atoms with Gasteiger partial charge in [-0.2, -0.15) is 0 Å². The third-order valence-corrected chi connectivity index (χ3v) is 5.83. The van der Waals surface area contributed by atoms with Gasteiger partial charge in [0.05, 0.1) is 6.20 Å². The number of amides is 2. The summed E-state index contributed by atoms with van der Waals surface area (Å²) in [6.45, 7) is 7.37. The Morgan fingerprint density at radius 1 is 1.27 bits per heavy atom. The SMILES string of the molecule is CCCCN1C[C@@]2(CCCN(C(=O)c3cnoc3CCC)C2)CCC1=O. The molecule has 0 aromatic carbocycles. The van der Waals surface area contributed by atoms with Gasteiger partial charge in [0.15, 0.2) is 0 Å². The highest BCUT2D eigenvalue weighted by Gasteiger charge is 2.43. The van der Waals surface area contributed by atoms with E-state index in [0.29, 0.717) is 17.7 Å². The van der Waals surface area contributed by atoms with Crippen molar-refractivity contribution < 1.29 is 14.1 Å². The molecule has 0 aliphatic carbocycles. The average molecular weight is 361 g/mol. The molecule has 1 aromatic rings. The molecule has 2 aliphatic rings. The van der Waals surface area contributed by atoms with Gasteiger partial charge in [-0.15, -0.1) is 0 Å². The number of hydrogen-bond acceptors (Lipinski definition) is 4. The number of likely N-dealkylation sites (tertiary alicyclic amines) is 2. The largest absolute Gasteiger partial charge is 0.361 e. The van der Waals surface area contributed by atoms with Crippen LogP contribution in [0.25, 0.3) is 0 Å². The second-order valence-corrected chi connectivity index (χ2v) is 7.91. The molecular weight excluding hydrogens is 330 g/mol. The number of carbonyl (C=O) groups is 2. The van der Waals surface area contributed by atoms with E-state index in [2.05, 4.69) is 19.0 Å². The van der Waals surface area contributed by atoms with Crippen LogP contribution in [0.3, 0.4) is 0 Å². The van der Waals surface area contributed by atoms with Crippen LogP contribution >= 0.6 is 0 Å². The molecule has 1 spiro atoms. The Kier molecular flexibility index (Phi) is 5.99. The Hall–Kier alpha value is -1.85. The quantitative estimate of drug-likeness (QED) is 0.780. The minimum absolute atomic E-state index is 0.0331. The molecule has 6 heteroatoms. The van der Waals surface area contributed by atoms with E-state index in [1.54, 1.807) is 6.20 Å². The van der Waals surface area contributed by atoms with Crippen LogP contribution in [0.1, 0.15) is 74.9 Å². The standard InChI is InChI=1S/C20H31N3O3/c1-3-5-11-22-14-20(10-8-18(22)24)9-6-12-23(15-20)19(25)16-13-21-26-17(16)7-4-2/h13H,3-12,14-15H2,1-2H3/t20-/m1/s1. The summed E-state index contributed by atoms with van der Waals surface area (Å²) in [7, 11) is 0. The number of piperidine rings is 2. The first kappa shape index (κ1) is 18.9. The molecule has 3 rings (SSSR count). The summed E-state index contributed by atoms with van der Waals surface area (Å²) in [6.07, 6.45) is 8.96. The number of rotatable bonds is 6. The normalized spacial score (nSPS) is 23.7. The molecule has 0 radical (unpaired) electrons. The molecule has 0 saturated carbocycles. The Morgan fingerprint density at radius 3 is 2.88 bits per heavy atom. The summed E-state index contributed by atoms with van der Waals surface area (Å²) in [4.78, 5) is 29.3. The van der Waals surface area contributed by atoms with Crippen molar-refractivity contribution in [3.63, 3.8) is 0 Å². The molecule has 1 aromatic heterocycles. The molecule has 2 aliphatic heterocycles. The van der Waals surface area contributed by atoms with Crippen molar-refractivity contribution >= 4 is 11.8 Å². The Morgan fingerprint density at radius 2 is 2.12 bits per heavy atom. The molecule has 0 bridgehead atoms. The highest BCUT2D eigenvalue weighted by Crippen LogP contribution is 2.39. The molecule has 26 heavy (non-hydrogen) atoms. The maximum Gasteiger partial charge on any atom is 0.259 e. The van der Waals surface area contributed by atoms with Gasteiger partial charge >= 0.3 is 0 Å². The molecule has 2 amide bonds. The summed E-state index contributed by atoms with van der Waals surface area (Å²) in [6, 6.07) is 0. The number of unbranched alkanes of at least 4 members (excludes halogenated alkanes) is 1. The predicted octanol–water partition coefficient (Wildman–Crippen LogP) is 3.27. The van der Waals surface area contributed by atoms with Crippen molar-refractivity contribution in [3.8, 4) is 0 Å². The van der Waals surface area contributed by atoms with Crippen LogP contribution in [0.5, 0.6) is 0 Å². The molecule has 3 heterocycles. The van der Waals surface area contributed by atoms with Gasteiger partial charge in [0.2, 0.25) is 5.91 Å². The first-order valence-electron chi connectivity index (χ1n) is 10.1. The third-order valence-electron chi connectivity index (χ3n) is 5.83. The first-order valence-corrected chi connectivity index (χ1v) is 10.1. The van der Waals surface area contributed by atoms with Gasteiger partial charge in [0.25, 0.3) is 5.91 Å². The van der Waals surface area contributed by atoms with E-state index in [1.807, 2.05) is 9.80 Å². The van der Waals surface area contributed by atoms with Crippen LogP contribution in [0.2, 0.25) is 0 Å². The minimum atomic E-state index is 0.0331. The Balaban J connectivity index is 1.71. The van der Waals surface area contributed by atoms with Crippen LogP contribution in [-0.4, -0.2) is 52.9 Å². The van der Waals surface area contributed by atoms with Crippen LogP contribution in [-0.2, 0) is 11.2 Å². The first-order chi connectivity index (χ1) is 12.6. The van der Waals surface area contributed by atoms with E-state index < -0.39 is 0 Å². The summed E-state index contributed by atoms with van der Waals surface area (Å²) < 4.78 is 5.28. The number of aromatic nitrogens is 1. The second-order valence-electron chi connectivity index (χ2n) is 7.91. The molecular formula is C20H31N3O3. The summed E-state index contributed by atoms with van der Waals surface area (Å²) in [5.74, 6) is 1.00. The van der Waals surface area contributed by atoms with Gasteiger partial charge in [0.1, 0.15) is 11.3 Å². The van der Waals surface area contributed by atoms with Crippen LogP contribution < -0.4 is 0 Å². The number of aryl methyl sites for hydroxylation is 1. The van der Waals surface area contributed by atoms with Crippen LogP contribution in [0.4, 0.5) is 0 Å². The lowest BCUT2D eigenvalue weighted by molar-refractivity contribution is -0.139. The highest BCUT2D eigenvalue weighted by atomic mass is 16.5. The molecule has 2 fully saturated rings. The number of carbonyl (C=O) groups excluding carboxylic acids is 2. The molecule has 0 N–H and O–H groups in total. The predicted molar refractivity (Wildman–Crippen MR) is 98.8 cm³/mol. The third kappa shape index (κ3) is 3.94. The summed E-state index contributed by atoms with van der Waals surface area (Å²) in [5.41, 5.74) is 0.663. The minimum Gasteiger partial charge on any atom is -0.361 e. The molecule has 0 unspecified atom stereocenters. The van der Waals surface area contributed by atoms with E-state index in [9.17, 15) is 9.59 Å². The maximum absolute atomic E-state index is 13.0. The fourth-order valence-electron chi connectivity index (χ4n) is 4.39. The zero-order chi connectivity index (χ0) is 18.6. The van der Waals surface area contributed by atoms with Crippen molar-refractivity contribution in [3.05, 3.63) is 17.5 Å². The van der Waals surface area contributed by atoms with Gasteiger partial charge < -0.3 is 14.3 Å². The lowest BCUT2D eigenvalue weighted by Gasteiger charge is -2.48. The van der Waals surface area contributed by atoms with Gasteiger partial charge in [-0.3, -0.25) is 9.59 Å². The van der Waals surface area contributed by atoms with Gasteiger partial charge in [-0.1, -0.05) is 25.4 Å². The Labute approximate surface area is 155 Å². The highest BCUT2D eigenvalue weighted by molar-refractivity contribution is 5.95. The van der Waals surface area contributed by atoms with E-state index in [1.165, 1.54) is 0 Å². The molecule has 1 atom stereocenters. The molecule has 6 nitrogen and oxygen atoms in total. The Bertz CT molecular complexity index is 642. The summed E-state index contributed by atoms with van der Waals surface area (Å²) in [5, 5.41) is 3.84. The van der Waals surface area contributed by atoms with Gasteiger partial charge in [0, 0.05) is 44.4 Å². The lowest BCUT2D eigenvalue weighted by Crippen LogP contribution is -2.55. The topological polar surface area (TPSA) is 66.7 Å². The van der Waals surface area contributed by atoms with Crippen molar-refractivity contribution in [1.29, 1.82) is 0 Å². The average Bonchev–Trinajstić information content (AvgIpc) is 3.11. The van der Waals surface area contributed by atoms with Crippen LogP contribution in [0, 0.1) is 5.41 Å². The fourth-order valence-corrected chi connectivity index (χ4v) is 4.39.